The van der Waals surface area contributed by atoms with Gasteiger partial charge in [-0.05, 0) is 56.8 Å². The van der Waals surface area contributed by atoms with Crippen molar-refractivity contribution in [3.05, 3.63) is 0 Å². The van der Waals surface area contributed by atoms with Gasteiger partial charge in [0.15, 0.2) is 0 Å². The van der Waals surface area contributed by atoms with E-state index in [1.165, 1.54) is 6.42 Å². The first kappa shape index (κ1) is 15.8. The molecule has 2 amide bonds. The zero-order chi connectivity index (χ0) is 15.7. The topological polar surface area (TPSA) is 40.6 Å². The second-order valence-electron chi connectivity index (χ2n) is 7.72. The zero-order valence-corrected chi connectivity index (χ0v) is 14.1. The van der Waals surface area contributed by atoms with Gasteiger partial charge in [0.05, 0.1) is 0 Å². The molecule has 3 rings (SSSR count). The summed E-state index contributed by atoms with van der Waals surface area (Å²) in [6.45, 7) is 7.12. The van der Waals surface area contributed by atoms with E-state index >= 15 is 0 Å². The molecule has 0 unspecified atom stereocenters. The van der Waals surface area contributed by atoms with E-state index in [1.807, 2.05) is 9.80 Å². The highest BCUT2D eigenvalue weighted by atomic mass is 16.2. The van der Waals surface area contributed by atoms with Gasteiger partial charge in [-0.2, -0.15) is 0 Å². The fourth-order valence-electron chi connectivity index (χ4n) is 4.07. The predicted octanol–water partition coefficient (Wildman–Crippen LogP) is 2.67. The minimum absolute atomic E-state index is 0.163. The van der Waals surface area contributed by atoms with Gasteiger partial charge in [0.2, 0.25) is 11.8 Å². The number of hydrogen-bond acceptors (Lipinski definition) is 2. The molecule has 4 heteroatoms. The maximum Gasteiger partial charge on any atom is 0.245 e. The largest absolute Gasteiger partial charge is 0.341 e. The number of hydrogen-bond donors (Lipinski definition) is 0. The average molecular weight is 306 g/mol. The summed E-state index contributed by atoms with van der Waals surface area (Å²) >= 11 is 0. The summed E-state index contributed by atoms with van der Waals surface area (Å²) in [7, 11) is 0. The first-order valence-corrected chi connectivity index (χ1v) is 9.17. The third kappa shape index (κ3) is 3.31. The maximum absolute atomic E-state index is 12.9. The van der Waals surface area contributed by atoms with Gasteiger partial charge in [-0.15, -0.1) is 0 Å². The van der Waals surface area contributed by atoms with Gasteiger partial charge in [-0.3, -0.25) is 9.59 Å². The lowest BCUT2D eigenvalue weighted by molar-refractivity contribution is -0.144. The molecule has 2 atom stereocenters. The SMILES string of the molecule is CC(C)[C@@H]1CCCN(C(=O)[C@@H]2CCCN2C(=O)C2CC2)CC1. The molecule has 1 saturated carbocycles. The zero-order valence-electron chi connectivity index (χ0n) is 14.1. The summed E-state index contributed by atoms with van der Waals surface area (Å²) in [6.07, 6.45) is 7.35. The van der Waals surface area contributed by atoms with E-state index in [2.05, 4.69) is 13.8 Å². The molecule has 0 aromatic rings. The smallest absolute Gasteiger partial charge is 0.245 e. The van der Waals surface area contributed by atoms with Crippen LogP contribution in [0.2, 0.25) is 0 Å². The Balaban J connectivity index is 1.61. The lowest BCUT2D eigenvalue weighted by Gasteiger charge is -2.30. The standard InChI is InChI=1S/C18H30N2O2/c1-13(2)14-5-3-10-19(12-9-14)18(22)16-6-4-11-20(16)17(21)15-7-8-15/h13-16H,3-12H2,1-2H3/t14-,16+/m1/s1. The van der Waals surface area contributed by atoms with Crippen molar-refractivity contribution in [3.8, 4) is 0 Å². The van der Waals surface area contributed by atoms with E-state index in [-0.39, 0.29) is 23.8 Å². The lowest BCUT2D eigenvalue weighted by Crippen LogP contribution is -2.48. The highest BCUT2D eigenvalue weighted by Gasteiger charge is 2.42. The van der Waals surface area contributed by atoms with Crippen LogP contribution >= 0.6 is 0 Å². The van der Waals surface area contributed by atoms with Crippen LogP contribution in [0.4, 0.5) is 0 Å². The molecule has 0 bridgehead atoms. The van der Waals surface area contributed by atoms with Crippen LogP contribution in [0.3, 0.4) is 0 Å². The summed E-state index contributed by atoms with van der Waals surface area (Å²) in [5.41, 5.74) is 0. The first-order chi connectivity index (χ1) is 10.6. The molecule has 0 aromatic carbocycles. The molecule has 2 saturated heterocycles. The molecule has 0 spiro atoms. The number of likely N-dealkylation sites (tertiary alicyclic amines) is 2. The summed E-state index contributed by atoms with van der Waals surface area (Å²) < 4.78 is 0. The van der Waals surface area contributed by atoms with Gasteiger partial charge in [0.25, 0.3) is 0 Å². The van der Waals surface area contributed by atoms with E-state index in [0.29, 0.717) is 5.92 Å². The number of carbonyl (C=O) groups is 2. The van der Waals surface area contributed by atoms with Crippen molar-refractivity contribution in [2.45, 2.75) is 64.8 Å². The summed E-state index contributed by atoms with van der Waals surface area (Å²) in [5, 5.41) is 0. The molecule has 124 valence electrons. The van der Waals surface area contributed by atoms with Crippen molar-refractivity contribution < 1.29 is 9.59 Å². The van der Waals surface area contributed by atoms with Gasteiger partial charge < -0.3 is 9.80 Å². The highest BCUT2D eigenvalue weighted by molar-refractivity contribution is 5.90. The monoisotopic (exact) mass is 306 g/mol. The minimum atomic E-state index is -0.163. The predicted molar refractivity (Wildman–Crippen MR) is 86.2 cm³/mol. The average Bonchev–Trinajstić information content (AvgIpc) is 3.27. The molecule has 3 fully saturated rings. The van der Waals surface area contributed by atoms with E-state index in [9.17, 15) is 9.59 Å². The van der Waals surface area contributed by atoms with Crippen molar-refractivity contribution in [1.29, 1.82) is 0 Å². The second-order valence-corrected chi connectivity index (χ2v) is 7.72. The number of amides is 2. The molecule has 0 N–H and O–H groups in total. The van der Waals surface area contributed by atoms with Crippen LogP contribution in [0.15, 0.2) is 0 Å². The van der Waals surface area contributed by atoms with E-state index in [0.717, 1.165) is 64.1 Å². The Hall–Kier alpha value is -1.06. The van der Waals surface area contributed by atoms with Crippen molar-refractivity contribution in [2.75, 3.05) is 19.6 Å². The Bertz CT molecular complexity index is 431. The van der Waals surface area contributed by atoms with Crippen molar-refractivity contribution in [3.63, 3.8) is 0 Å². The molecule has 2 aliphatic heterocycles. The van der Waals surface area contributed by atoms with Crippen molar-refractivity contribution in [2.24, 2.45) is 17.8 Å². The molecule has 0 aromatic heterocycles. The van der Waals surface area contributed by atoms with E-state index < -0.39 is 0 Å². The first-order valence-electron chi connectivity index (χ1n) is 9.17. The summed E-state index contributed by atoms with van der Waals surface area (Å²) in [4.78, 5) is 29.2. The normalized spacial score (nSPS) is 29.8. The Morgan fingerprint density at radius 3 is 2.27 bits per heavy atom. The van der Waals surface area contributed by atoms with Crippen LogP contribution in [0.1, 0.15) is 58.8 Å². The van der Waals surface area contributed by atoms with Gasteiger partial charge in [0.1, 0.15) is 6.04 Å². The van der Waals surface area contributed by atoms with Crippen LogP contribution in [-0.4, -0.2) is 47.3 Å². The molecule has 4 nitrogen and oxygen atoms in total. The van der Waals surface area contributed by atoms with Crippen LogP contribution < -0.4 is 0 Å². The van der Waals surface area contributed by atoms with Crippen LogP contribution in [0.25, 0.3) is 0 Å². The fraction of sp³-hybridized carbons (Fsp3) is 0.889. The van der Waals surface area contributed by atoms with Gasteiger partial charge in [-0.25, -0.2) is 0 Å². The van der Waals surface area contributed by atoms with Crippen molar-refractivity contribution >= 4 is 11.8 Å². The molecule has 2 heterocycles. The molecule has 3 aliphatic rings. The van der Waals surface area contributed by atoms with Crippen LogP contribution in [0.5, 0.6) is 0 Å². The molecular weight excluding hydrogens is 276 g/mol. The van der Waals surface area contributed by atoms with E-state index in [1.54, 1.807) is 0 Å². The van der Waals surface area contributed by atoms with Gasteiger partial charge in [-0.1, -0.05) is 13.8 Å². The summed E-state index contributed by atoms with van der Waals surface area (Å²) in [5.74, 6) is 2.13. The third-order valence-electron chi connectivity index (χ3n) is 5.77. The van der Waals surface area contributed by atoms with Crippen molar-refractivity contribution in [1.82, 2.24) is 9.80 Å². The van der Waals surface area contributed by atoms with Gasteiger partial charge in [0, 0.05) is 25.6 Å². The van der Waals surface area contributed by atoms with Crippen LogP contribution in [-0.2, 0) is 9.59 Å². The number of rotatable bonds is 3. The van der Waals surface area contributed by atoms with Gasteiger partial charge >= 0.3 is 0 Å². The molecule has 0 radical (unpaired) electrons. The Kier molecular flexibility index (Phi) is 4.74. The second kappa shape index (κ2) is 6.59. The maximum atomic E-state index is 12.9. The fourth-order valence-corrected chi connectivity index (χ4v) is 4.07. The third-order valence-corrected chi connectivity index (χ3v) is 5.77. The number of nitrogens with zero attached hydrogens (tertiary/aromatic N) is 2. The molecule has 1 aliphatic carbocycles. The minimum Gasteiger partial charge on any atom is -0.341 e. The Labute approximate surface area is 134 Å². The van der Waals surface area contributed by atoms with Crippen LogP contribution in [0, 0.1) is 17.8 Å². The quantitative estimate of drug-likeness (QED) is 0.804. The number of carbonyl (C=O) groups excluding carboxylic acids is 2. The molecular formula is C18H30N2O2. The Morgan fingerprint density at radius 2 is 1.59 bits per heavy atom. The Morgan fingerprint density at radius 1 is 0.864 bits per heavy atom. The van der Waals surface area contributed by atoms with E-state index in [4.69, 9.17) is 0 Å². The lowest BCUT2D eigenvalue weighted by atomic mass is 9.89. The highest BCUT2D eigenvalue weighted by Crippen LogP contribution is 2.34. The summed E-state index contributed by atoms with van der Waals surface area (Å²) in [6, 6.07) is -0.163. The molecule has 22 heavy (non-hydrogen) atoms.